The molecule has 212 valence electrons. The number of halogens is 3. The van der Waals surface area contributed by atoms with Crippen molar-refractivity contribution in [3.8, 4) is 11.5 Å². The van der Waals surface area contributed by atoms with Crippen LogP contribution in [0.3, 0.4) is 0 Å². The van der Waals surface area contributed by atoms with Crippen LogP contribution in [0.2, 0.25) is 0 Å². The summed E-state index contributed by atoms with van der Waals surface area (Å²) in [5.74, 6) is 2.62. The maximum atomic E-state index is 12.5. The number of pyridine rings is 1. The van der Waals surface area contributed by atoms with E-state index in [-0.39, 0.29) is 43.1 Å². The molecular formula is C28H35Cl3N4O4. The van der Waals surface area contributed by atoms with Gasteiger partial charge in [0.25, 0.3) is 5.91 Å². The number of rotatable bonds is 9. The molecule has 8 nitrogen and oxygen atoms in total. The zero-order valence-electron chi connectivity index (χ0n) is 22.1. The van der Waals surface area contributed by atoms with Crippen LogP contribution in [0, 0.1) is 0 Å². The van der Waals surface area contributed by atoms with Gasteiger partial charge in [0.2, 0.25) is 0 Å². The van der Waals surface area contributed by atoms with Crippen molar-refractivity contribution in [3.05, 3.63) is 60.5 Å². The molecule has 11 heteroatoms. The van der Waals surface area contributed by atoms with E-state index in [0.717, 1.165) is 67.9 Å². The van der Waals surface area contributed by atoms with Crippen LogP contribution < -0.4 is 19.7 Å². The van der Waals surface area contributed by atoms with E-state index in [1.165, 1.54) is 5.39 Å². The number of aromatic nitrogens is 1. The van der Waals surface area contributed by atoms with Crippen LogP contribution >= 0.6 is 37.2 Å². The Morgan fingerprint density at radius 1 is 0.949 bits per heavy atom. The number of unbranched alkanes of at least 4 members (excludes halogenated alkanes) is 1. The molecule has 0 saturated carbocycles. The Balaban J connectivity index is 0.00000178. The van der Waals surface area contributed by atoms with Gasteiger partial charge in [0.05, 0.1) is 14.2 Å². The summed E-state index contributed by atoms with van der Waals surface area (Å²) in [6.45, 7) is 5.51. The number of furan rings is 1. The van der Waals surface area contributed by atoms with E-state index >= 15 is 0 Å². The number of benzene rings is 2. The van der Waals surface area contributed by atoms with Crippen molar-refractivity contribution < 1.29 is 18.7 Å². The number of anilines is 1. The van der Waals surface area contributed by atoms with E-state index < -0.39 is 0 Å². The summed E-state index contributed by atoms with van der Waals surface area (Å²) in [5, 5.41) is 6.13. The third kappa shape index (κ3) is 7.39. The molecule has 1 aliphatic heterocycles. The van der Waals surface area contributed by atoms with Crippen molar-refractivity contribution >= 4 is 70.7 Å². The third-order valence-corrected chi connectivity index (χ3v) is 6.76. The van der Waals surface area contributed by atoms with Gasteiger partial charge in [-0.05, 0) is 55.1 Å². The molecule has 1 N–H and O–H groups in total. The zero-order chi connectivity index (χ0) is 24.9. The van der Waals surface area contributed by atoms with Crippen molar-refractivity contribution in [2.45, 2.75) is 12.8 Å². The van der Waals surface area contributed by atoms with Crippen LogP contribution in [-0.4, -0.2) is 69.3 Å². The van der Waals surface area contributed by atoms with Crippen LogP contribution in [0.25, 0.3) is 21.7 Å². The Hall–Kier alpha value is -2.91. The number of hydrogen-bond donors (Lipinski definition) is 1. The number of nitrogens with zero attached hydrogens (tertiary/aromatic N) is 3. The molecule has 0 spiro atoms. The van der Waals surface area contributed by atoms with Crippen LogP contribution in [0.15, 0.2) is 59.1 Å². The van der Waals surface area contributed by atoms with Gasteiger partial charge in [-0.2, -0.15) is 0 Å². The molecule has 39 heavy (non-hydrogen) atoms. The second-order valence-electron chi connectivity index (χ2n) is 9.00. The first-order valence-corrected chi connectivity index (χ1v) is 12.4. The number of methoxy groups -OCH3 is 2. The van der Waals surface area contributed by atoms with Gasteiger partial charge in [-0.3, -0.25) is 9.69 Å². The van der Waals surface area contributed by atoms with Gasteiger partial charge in [0.15, 0.2) is 17.1 Å². The number of piperazine rings is 1. The summed E-state index contributed by atoms with van der Waals surface area (Å²) in [4.78, 5) is 22.0. The van der Waals surface area contributed by atoms with Gasteiger partial charge < -0.3 is 24.1 Å². The topological polar surface area (TPSA) is 80.1 Å². The van der Waals surface area contributed by atoms with Gasteiger partial charge in [-0.1, -0.05) is 18.2 Å². The lowest BCUT2D eigenvalue weighted by Gasteiger charge is -2.36. The third-order valence-electron chi connectivity index (χ3n) is 6.76. The number of ether oxygens (including phenoxy) is 2. The molecule has 1 saturated heterocycles. The van der Waals surface area contributed by atoms with E-state index in [0.29, 0.717) is 23.6 Å². The van der Waals surface area contributed by atoms with Crippen molar-refractivity contribution in [1.29, 1.82) is 0 Å². The number of carbonyl (C=O) groups excluding carboxylic acids is 1. The number of carbonyl (C=O) groups is 1. The van der Waals surface area contributed by atoms with E-state index in [4.69, 9.17) is 13.9 Å². The lowest BCUT2D eigenvalue weighted by molar-refractivity contribution is 0.0927. The first-order valence-electron chi connectivity index (χ1n) is 12.4. The molecule has 0 atom stereocenters. The monoisotopic (exact) mass is 596 g/mol. The molecule has 3 heterocycles. The summed E-state index contributed by atoms with van der Waals surface area (Å²) in [7, 11) is 3.28. The highest BCUT2D eigenvalue weighted by Gasteiger charge is 2.20. The van der Waals surface area contributed by atoms with Crippen LogP contribution in [0.5, 0.6) is 11.5 Å². The molecule has 1 amide bonds. The maximum absolute atomic E-state index is 12.5. The Morgan fingerprint density at radius 2 is 1.74 bits per heavy atom. The van der Waals surface area contributed by atoms with E-state index in [1.807, 2.05) is 36.5 Å². The molecular weight excluding hydrogens is 563 g/mol. The molecule has 2 aromatic heterocycles. The summed E-state index contributed by atoms with van der Waals surface area (Å²) in [6, 6.07) is 15.5. The number of amides is 1. The molecule has 2 aromatic carbocycles. The molecule has 0 aliphatic carbocycles. The largest absolute Gasteiger partial charge is 0.497 e. The van der Waals surface area contributed by atoms with Gasteiger partial charge in [-0.15, -0.1) is 37.2 Å². The molecule has 0 radical (unpaired) electrons. The smallest absolute Gasteiger partial charge is 0.287 e. The van der Waals surface area contributed by atoms with Gasteiger partial charge in [0.1, 0.15) is 11.6 Å². The quantitative estimate of drug-likeness (QED) is 0.252. The molecule has 4 aromatic rings. The van der Waals surface area contributed by atoms with Crippen molar-refractivity contribution in [3.63, 3.8) is 0 Å². The molecule has 1 fully saturated rings. The summed E-state index contributed by atoms with van der Waals surface area (Å²) < 4.78 is 16.5. The Morgan fingerprint density at radius 3 is 2.49 bits per heavy atom. The van der Waals surface area contributed by atoms with Gasteiger partial charge in [0, 0.05) is 49.7 Å². The Bertz CT molecular complexity index is 1360. The zero-order valence-corrected chi connectivity index (χ0v) is 24.5. The second kappa shape index (κ2) is 15.0. The molecule has 0 bridgehead atoms. The summed E-state index contributed by atoms with van der Waals surface area (Å²) >= 11 is 0. The fourth-order valence-electron chi connectivity index (χ4n) is 4.75. The average molecular weight is 598 g/mol. The Labute approximate surface area is 247 Å². The standard InChI is InChI=1S/C28H32N4O4.3ClH/c1-34-22-9-8-20-10-12-29-27(23(20)19-22)32-16-14-31(15-17-32)13-4-3-11-30-28(33)25-18-21-6-5-7-24(35-2)26(21)36-25;;;/h5-10,12,18-19H,3-4,11,13-17H2,1-2H3,(H,30,33);3*1H. The highest BCUT2D eigenvalue weighted by molar-refractivity contribution is 5.97. The van der Waals surface area contributed by atoms with Crippen molar-refractivity contribution in [1.82, 2.24) is 15.2 Å². The maximum Gasteiger partial charge on any atom is 0.287 e. The summed E-state index contributed by atoms with van der Waals surface area (Å²) in [5.41, 5.74) is 0.599. The van der Waals surface area contributed by atoms with Gasteiger partial charge in [-0.25, -0.2) is 4.98 Å². The van der Waals surface area contributed by atoms with Gasteiger partial charge >= 0.3 is 0 Å². The number of para-hydroxylation sites is 1. The number of nitrogens with one attached hydrogen (secondary N) is 1. The fourth-order valence-corrected chi connectivity index (χ4v) is 4.75. The highest BCUT2D eigenvalue weighted by Crippen LogP contribution is 2.29. The fraction of sp³-hybridized carbons (Fsp3) is 0.357. The van der Waals surface area contributed by atoms with Crippen LogP contribution in [0.4, 0.5) is 5.82 Å². The van der Waals surface area contributed by atoms with Crippen molar-refractivity contribution in [2.75, 3.05) is 58.4 Å². The highest BCUT2D eigenvalue weighted by atomic mass is 35.5. The first kappa shape index (κ1) is 32.3. The predicted molar refractivity (Wildman–Crippen MR) is 163 cm³/mol. The average Bonchev–Trinajstić information content (AvgIpc) is 3.37. The molecule has 5 rings (SSSR count). The van der Waals surface area contributed by atoms with E-state index in [9.17, 15) is 4.79 Å². The predicted octanol–water partition coefficient (Wildman–Crippen LogP) is 5.60. The lowest BCUT2D eigenvalue weighted by Crippen LogP contribution is -2.47. The minimum absolute atomic E-state index is 0. The second-order valence-corrected chi connectivity index (χ2v) is 9.00. The van der Waals surface area contributed by atoms with Crippen LogP contribution in [0.1, 0.15) is 23.4 Å². The first-order chi connectivity index (χ1) is 17.7. The Kier molecular flexibility index (Phi) is 12.4. The lowest BCUT2D eigenvalue weighted by atomic mass is 10.1. The SMILES string of the molecule is COc1ccc2ccnc(N3CCN(CCCCNC(=O)c4cc5cccc(OC)c5o4)CC3)c2c1.Cl.Cl.Cl. The van der Waals surface area contributed by atoms with E-state index in [1.54, 1.807) is 20.3 Å². The molecule has 1 aliphatic rings. The number of hydrogen-bond acceptors (Lipinski definition) is 7. The van der Waals surface area contributed by atoms with E-state index in [2.05, 4.69) is 32.2 Å². The summed E-state index contributed by atoms with van der Waals surface area (Å²) in [6.07, 6.45) is 3.82. The number of fused-ring (bicyclic) bond motifs is 2. The molecule has 0 unspecified atom stereocenters. The normalized spacial score (nSPS) is 13.2. The minimum atomic E-state index is -0.193. The minimum Gasteiger partial charge on any atom is -0.497 e. The van der Waals surface area contributed by atoms with Crippen molar-refractivity contribution in [2.24, 2.45) is 0 Å². The van der Waals surface area contributed by atoms with Crippen LogP contribution in [-0.2, 0) is 0 Å².